The van der Waals surface area contributed by atoms with Crippen molar-refractivity contribution in [3.05, 3.63) is 65.7 Å². The number of benzene rings is 2. The molecule has 2 aromatic rings. The average Bonchev–Trinajstić information content (AvgIpc) is 3.60. The summed E-state index contributed by atoms with van der Waals surface area (Å²) in [6.45, 7) is 0.696. The smallest absolute Gasteiger partial charge is 0.326 e. The molecule has 3 amide bonds. The molecule has 2 heterocycles. The molecule has 10 nitrogen and oxygen atoms in total. The molecule has 0 radical (unpaired) electrons. The van der Waals surface area contributed by atoms with Crippen LogP contribution in [0.2, 0.25) is 0 Å². The third-order valence-corrected chi connectivity index (χ3v) is 7.27. The molecule has 2 aliphatic heterocycles. The van der Waals surface area contributed by atoms with Crippen molar-refractivity contribution in [1.82, 2.24) is 15.1 Å². The fourth-order valence-corrected chi connectivity index (χ4v) is 5.29. The van der Waals surface area contributed by atoms with E-state index in [4.69, 9.17) is 5.73 Å². The monoisotopic (exact) mass is 522 g/mol. The van der Waals surface area contributed by atoms with Gasteiger partial charge in [0.1, 0.15) is 23.9 Å². The highest BCUT2D eigenvalue weighted by molar-refractivity contribution is 5.94. The van der Waals surface area contributed by atoms with Crippen LogP contribution in [-0.4, -0.2) is 81.0 Å². The van der Waals surface area contributed by atoms with E-state index in [1.54, 1.807) is 12.1 Å². The minimum Gasteiger partial charge on any atom is -0.508 e. The van der Waals surface area contributed by atoms with Crippen molar-refractivity contribution in [1.29, 1.82) is 0 Å². The van der Waals surface area contributed by atoms with E-state index >= 15 is 0 Å². The molecule has 202 valence electrons. The van der Waals surface area contributed by atoms with Gasteiger partial charge in [0.05, 0.1) is 6.04 Å². The van der Waals surface area contributed by atoms with Crippen LogP contribution in [0.5, 0.6) is 5.75 Å². The van der Waals surface area contributed by atoms with Gasteiger partial charge in [-0.1, -0.05) is 42.5 Å². The van der Waals surface area contributed by atoms with Crippen LogP contribution in [0.1, 0.15) is 36.8 Å². The van der Waals surface area contributed by atoms with Crippen molar-refractivity contribution in [3.63, 3.8) is 0 Å². The first-order chi connectivity index (χ1) is 18.2. The van der Waals surface area contributed by atoms with Gasteiger partial charge in [-0.15, -0.1) is 0 Å². The zero-order valence-corrected chi connectivity index (χ0v) is 21.2. The van der Waals surface area contributed by atoms with Gasteiger partial charge < -0.3 is 31.1 Å². The molecule has 2 saturated heterocycles. The highest BCUT2D eigenvalue weighted by Gasteiger charge is 2.41. The molecule has 0 spiro atoms. The predicted octanol–water partition coefficient (Wildman–Crippen LogP) is 1.06. The van der Waals surface area contributed by atoms with Crippen molar-refractivity contribution in [3.8, 4) is 5.75 Å². The maximum Gasteiger partial charge on any atom is 0.326 e. The first kappa shape index (κ1) is 27.1. The lowest BCUT2D eigenvalue weighted by atomic mass is 10.0. The number of phenolic OH excluding ortho intramolecular Hbond substituents is 1. The van der Waals surface area contributed by atoms with Crippen LogP contribution < -0.4 is 11.1 Å². The summed E-state index contributed by atoms with van der Waals surface area (Å²) in [5.74, 6) is -2.18. The quantitative estimate of drug-likeness (QED) is 0.384. The minimum absolute atomic E-state index is 0.119. The number of nitrogens with zero attached hydrogens (tertiary/aromatic N) is 2. The summed E-state index contributed by atoms with van der Waals surface area (Å²) < 4.78 is 0. The zero-order valence-electron chi connectivity index (χ0n) is 21.2. The summed E-state index contributed by atoms with van der Waals surface area (Å²) in [6, 6.07) is 12.1. The molecule has 38 heavy (non-hydrogen) atoms. The number of nitrogens with two attached hydrogens (primary N) is 1. The van der Waals surface area contributed by atoms with Gasteiger partial charge in [0.25, 0.3) is 0 Å². The molecule has 10 heteroatoms. The molecular weight excluding hydrogens is 488 g/mol. The number of amides is 3. The fourth-order valence-electron chi connectivity index (χ4n) is 5.29. The lowest BCUT2D eigenvalue weighted by Gasteiger charge is -2.30. The molecule has 0 bridgehead atoms. The van der Waals surface area contributed by atoms with Crippen molar-refractivity contribution < 1.29 is 29.4 Å². The Morgan fingerprint density at radius 2 is 1.42 bits per heavy atom. The van der Waals surface area contributed by atoms with Crippen molar-refractivity contribution in [2.75, 3.05) is 13.1 Å². The van der Waals surface area contributed by atoms with Gasteiger partial charge in [0.2, 0.25) is 17.7 Å². The number of aliphatic carboxylic acids is 1. The lowest BCUT2D eigenvalue weighted by molar-refractivity contribution is -0.149. The number of carbonyl (C=O) groups excluding carboxylic acids is 3. The number of nitrogens with one attached hydrogen (secondary N) is 1. The van der Waals surface area contributed by atoms with E-state index in [-0.39, 0.29) is 24.5 Å². The summed E-state index contributed by atoms with van der Waals surface area (Å²) in [5, 5.41) is 21.9. The Labute approximate surface area is 221 Å². The molecular formula is C28H34N4O6. The van der Waals surface area contributed by atoms with E-state index in [1.807, 2.05) is 30.3 Å². The van der Waals surface area contributed by atoms with Crippen molar-refractivity contribution in [2.45, 2.75) is 62.7 Å². The number of carbonyl (C=O) groups is 4. The maximum absolute atomic E-state index is 13.5. The van der Waals surface area contributed by atoms with Crippen LogP contribution in [0.4, 0.5) is 0 Å². The van der Waals surface area contributed by atoms with Crippen LogP contribution in [0.15, 0.2) is 54.6 Å². The number of hydrogen-bond acceptors (Lipinski definition) is 6. The van der Waals surface area contributed by atoms with Gasteiger partial charge in [0.15, 0.2) is 0 Å². The number of phenols is 1. The molecule has 2 aromatic carbocycles. The topological polar surface area (TPSA) is 153 Å². The van der Waals surface area contributed by atoms with Gasteiger partial charge in [-0.25, -0.2) is 4.79 Å². The normalized spacial score (nSPS) is 20.7. The number of rotatable bonds is 9. The Morgan fingerprint density at radius 1 is 0.842 bits per heavy atom. The Bertz CT molecular complexity index is 1160. The minimum atomic E-state index is -1.06. The first-order valence-electron chi connectivity index (χ1n) is 13.0. The third-order valence-electron chi connectivity index (χ3n) is 7.27. The number of likely N-dealkylation sites (tertiary alicyclic amines) is 2. The molecule has 0 saturated carbocycles. The zero-order chi connectivity index (χ0) is 27.2. The average molecular weight is 523 g/mol. The SMILES string of the molecule is N[C@@H](Cc1ccc(O)cc1)C(=O)N1CCC[C@H]1C(=O)N[C@H](Cc1ccccc1)C(=O)N1CCC[C@H]1C(=O)O. The summed E-state index contributed by atoms with van der Waals surface area (Å²) in [6.07, 6.45) is 2.48. The Hall–Kier alpha value is -3.92. The highest BCUT2D eigenvalue weighted by atomic mass is 16.4. The van der Waals surface area contributed by atoms with E-state index < -0.39 is 42.0 Å². The van der Waals surface area contributed by atoms with Gasteiger partial charge in [-0.05, 0) is 55.4 Å². The van der Waals surface area contributed by atoms with E-state index in [0.29, 0.717) is 38.8 Å². The molecule has 5 N–H and O–H groups in total. The third kappa shape index (κ3) is 6.31. The van der Waals surface area contributed by atoms with E-state index in [9.17, 15) is 29.4 Å². The van der Waals surface area contributed by atoms with E-state index in [1.165, 1.54) is 21.9 Å². The molecule has 4 atom stereocenters. The molecule has 0 aliphatic carbocycles. The molecule has 2 aliphatic rings. The largest absolute Gasteiger partial charge is 0.508 e. The number of carboxylic acids is 1. The summed E-state index contributed by atoms with van der Waals surface area (Å²) in [4.78, 5) is 54.7. The summed E-state index contributed by atoms with van der Waals surface area (Å²) in [5.41, 5.74) is 7.82. The van der Waals surface area contributed by atoms with Crippen LogP contribution in [0.25, 0.3) is 0 Å². The highest BCUT2D eigenvalue weighted by Crippen LogP contribution is 2.22. The van der Waals surface area contributed by atoms with Crippen molar-refractivity contribution in [2.24, 2.45) is 5.73 Å². The Balaban J connectivity index is 1.47. The molecule has 2 fully saturated rings. The number of aromatic hydroxyl groups is 1. The van der Waals surface area contributed by atoms with Gasteiger partial charge >= 0.3 is 5.97 Å². The molecule has 0 aromatic heterocycles. The second-order valence-corrected chi connectivity index (χ2v) is 9.95. The number of carboxylic acid groups (broad SMARTS) is 1. The van der Waals surface area contributed by atoms with Crippen LogP contribution in [-0.2, 0) is 32.0 Å². The standard InChI is InChI=1S/C28H34N4O6/c29-21(16-19-10-12-20(33)13-11-19)26(35)31-14-4-8-23(31)25(34)30-22(17-18-6-2-1-3-7-18)27(36)32-15-5-9-24(32)28(37)38/h1-3,6-7,10-13,21-24,33H,4-5,8-9,14-17,29H2,(H,30,34)(H,37,38)/t21-,22+,23-,24-/m0/s1. The summed E-state index contributed by atoms with van der Waals surface area (Å²) in [7, 11) is 0. The van der Waals surface area contributed by atoms with Crippen LogP contribution in [0, 0.1) is 0 Å². The first-order valence-corrected chi connectivity index (χ1v) is 13.0. The number of hydrogen-bond donors (Lipinski definition) is 4. The summed E-state index contributed by atoms with van der Waals surface area (Å²) >= 11 is 0. The maximum atomic E-state index is 13.5. The molecule has 4 rings (SSSR count). The van der Waals surface area contributed by atoms with Crippen LogP contribution in [0.3, 0.4) is 0 Å². The fraction of sp³-hybridized carbons (Fsp3) is 0.429. The Morgan fingerprint density at radius 3 is 2.05 bits per heavy atom. The van der Waals surface area contributed by atoms with E-state index in [0.717, 1.165) is 11.1 Å². The van der Waals surface area contributed by atoms with E-state index in [2.05, 4.69) is 5.32 Å². The van der Waals surface area contributed by atoms with Gasteiger partial charge in [-0.2, -0.15) is 0 Å². The van der Waals surface area contributed by atoms with Crippen molar-refractivity contribution >= 4 is 23.7 Å². The second-order valence-electron chi connectivity index (χ2n) is 9.95. The van der Waals surface area contributed by atoms with Crippen LogP contribution >= 0.6 is 0 Å². The second kappa shape index (κ2) is 12.1. The lowest BCUT2D eigenvalue weighted by Crippen LogP contribution is -2.57. The molecule has 0 unspecified atom stereocenters. The predicted molar refractivity (Wildman–Crippen MR) is 139 cm³/mol. The van der Waals surface area contributed by atoms with Gasteiger partial charge in [0, 0.05) is 19.5 Å². The van der Waals surface area contributed by atoms with Gasteiger partial charge in [-0.3, -0.25) is 14.4 Å². The Kier molecular flexibility index (Phi) is 8.62.